The van der Waals surface area contributed by atoms with Crippen LogP contribution in [-0.2, 0) is 59.1 Å². The Bertz CT molecular complexity index is 5950. The molecule has 3 amide bonds. The number of likely N-dealkylation sites (tertiary alicyclic amines) is 2. The summed E-state index contributed by atoms with van der Waals surface area (Å²) in [4.78, 5) is 67.5. The van der Waals surface area contributed by atoms with Crippen molar-refractivity contribution in [1.29, 1.82) is 0 Å². The molecule has 1 unspecified atom stereocenters. The lowest BCUT2D eigenvalue weighted by Gasteiger charge is -2.39. The third-order valence-corrected chi connectivity index (χ3v) is 27.4. The van der Waals surface area contributed by atoms with Crippen LogP contribution in [0.4, 0.5) is 85.0 Å². The molecule has 756 valence electrons. The third kappa shape index (κ3) is 28.2. The first-order chi connectivity index (χ1) is 67.2. The number of piperidine rings is 2. The summed E-state index contributed by atoms with van der Waals surface area (Å²) in [6, 6.07) is 45.6. The highest BCUT2D eigenvalue weighted by Crippen LogP contribution is 2.46. The lowest BCUT2D eigenvalue weighted by Crippen LogP contribution is -2.45. The van der Waals surface area contributed by atoms with E-state index in [2.05, 4.69) is 103 Å². The molecule has 36 heteroatoms. The second-order valence-corrected chi connectivity index (χ2v) is 39.3. The van der Waals surface area contributed by atoms with Gasteiger partial charge in [-0.15, -0.1) is 0 Å². The van der Waals surface area contributed by atoms with E-state index >= 15 is 0 Å². The van der Waals surface area contributed by atoms with Gasteiger partial charge in [0, 0.05) is 106 Å². The molecule has 0 aliphatic carbocycles. The van der Waals surface area contributed by atoms with Gasteiger partial charge in [-0.3, -0.25) is 38.9 Å². The Kier molecular flexibility index (Phi) is 37.8. The maximum atomic E-state index is 13.5. The van der Waals surface area contributed by atoms with Crippen molar-refractivity contribution < 1.29 is 78.0 Å². The first-order valence-corrected chi connectivity index (χ1v) is 49.0. The number of anilines is 4. The molecule has 8 aromatic carbocycles. The molecular weight excluding hydrogens is 1910 g/mol. The van der Waals surface area contributed by atoms with Crippen molar-refractivity contribution in [3.8, 4) is 23.0 Å². The highest BCUT2D eigenvalue weighted by Gasteiger charge is 2.53. The number of thiocarbonyl (C=S) groups is 3. The van der Waals surface area contributed by atoms with E-state index in [0.717, 1.165) is 161 Å². The molecule has 0 bridgehead atoms. The number of hydrogen-bond donors (Lipinski definition) is 3. The zero-order chi connectivity index (χ0) is 103. The summed E-state index contributed by atoms with van der Waals surface area (Å²) in [5, 5.41) is 18.5. The molecule has 0 radical (unpaired) electrons. The van der Waals surface area contributed by atoms with Crippen LogP contribution in [0.5, 0.6) is 23.0 Å². The van der Waals surface area contributed by atoms with Gasteiger partial charge in [0.1, 0.15) is 39.6 Å². The number of halogens is 10. The fourth-order valence-corrected chi connectivity index (χ4v) is 19.3. The van der Waals surface area contributed by atoms with E-state index in [1.165, 1.54) is 68.1 Å². The Hall–Kier alpha value is -11.7. The van der Waals surface area contributed by atoms with E-state index in [1.807, 2.05) is 79.7 Å². The summed E-state index contributed by atoms with van der Waals surface area (Å²) in [7, 11) is 0. The summed E-state index contributed by atoms with van der Waals surface area (Å²) in [6.45, 7) is 62.3. The highest BCUT2D eigenvalue weighted by atomic mass is 35.5. The van der Waals surface area contributed by atoms with Gasteiger partial charge < -0.3 is 54.3 Å². The average molecular weight is 2040 g/mol. The van der Waals surface area contributed by atoms with Crippen molar-refractivity contribution >= 4 is 127 Å². The molecular formula is C106H121ClF9N15O8S3. The highest BCUT2D eigenvalue weighted by molar-refractivity contribution is 7.81. The molecule has 6 aliphatic heterocycles. The normalized spacial score (nSPS) is 17.4. The van der Waals surface area contributed by atoms with Crippen LogP contribution in [0.1, 0.15) is 178 Å². The van der Waals surface area contributed by atoms with Crippen LogP contribution in [0.2, 0.25) is 5.02 Å². The van der Waals surface area contributed by atoms with Crippen molar-refractivity contribution in [3.63, 3.8) is 0 Å². The standard InChI is InChI=1S/C28H31F3N4O2S.C27H34ClN3O2.C26H29F3N4O2S.C25H27F3N4O2S/c1-19-12-14-33(17-19)18-20-6-9-22(10-7-20)37-15-5-13-34-26(38)35(25(36)27(34,2)3)21-8-11-24(32-4)23(16-21)28(29,30)31;1-21-18-22(20-30-13-4-3-5-14-30)6-9-26(21)33-17-12-27(32)10-15-31(16-11-27)23-7-8-25(29-2)24(28)19-23;1-17(2)31-16-18-7-10-20(11-8-18)35-14-6-13-32-24(36)33(23(34)25(32,3)4)19-9-12-22(30-5)21(15-19)26(27,28)29;1-5-30-16-17-7-10-19(11-8-17)34-14-6-13-31-23(35)32(22(33)24(31,2)3)18-9-12-21(29-4)20(15-18)25(26,27)28/h6-11,16,19H,5,12-15,17-18H2,1-3H3;6-9,18-19,32H,3-5,10-17,20H2,1H3;7-12,15,17,31H,6,13-14,16H2,1-4H3;7-12,15,30H,5-6,13-14,16H2,1-3H3. The molecule has 0 aromatic heterocycles. The largest absolute Gasteiger partial charge is 0.494 e. The van der Waals surface area contributed by atoms with Crippen LogP contribution in [-0.4, -0.2) is 183 Å². The van der Waals surface area contributed by atoms with E-state index in [-0.39, 0.29) is 32.4 Å². The summed E-state index contributed by atoms with van der Waals surface area (Å²) >= 11 is 22.7. The molecule has 0 spiro atoms. The fraction of sp³-hybridized carbons (Fsp3) is 0.453. The summed E-state index contributed by atoms with van der Waals surface area (Å²) in [5.41, 5.74) is -1.19. The van der Waals surface area contributed by atoms with Crippen LogP contribution in [0.25, 0.3) is 19.4 Å². The number of carbonyl (C=O) groups is 3. The van der Waals surface area contributed by atoms with Crippen LogP contribution >= 0.6 is 48.3 Å². The van der Waals surface area contributed by atoms with Gasteiger partial charge in [0.2, 0.25) is 5.69 Å². The second kappa shape index (κ2) is 48.6. The van der Waals surface area contributed by atoms with Gasteiger partial charge >= 0.3 is 18.5 Å². The Morgan fingerprint density at radius 3 is 1.22 bits per heavy atom. The number of aryl methyl sites for hydroxylation is 1. The minimum atomic E-state index is -4.73. The molecule has 6 aliphatic rings. The van der Waals surface area contributed by atoms with Crippen molar-refractivity contribution in [1.82, 2.24) is 35.1 Å². The molecule has 3 N–H and O–H groups in total. The molecule has 1 atom stereocenters. The fourth-order valence-electron chi connectivity index (χ4n) is 17.5. The first kappa shape index (κ1) is 111. The van der Waals surface area contributed by atoms with Crippen molar-refractivity contribution in [2.24, 2.45) is 5.92 Å². The smallest absolute Gasteiger partial charge is 0.407 e. The van der Waals surface area contributed by atoms with Gasteiger partial charge in [-0.2, -0.15) is 39.5 Å². The van der Waals surface area contributed by atoms with Gasteiger partial charge in [-0.25, -0.2) is 19.4 Å². The Morgan fingerprint density at radius 1 is 0.472 bits per heavy atom. The van der Waals surface area contributed by atoms with Gasteiger partial charge in [0.25, 0.3) is 17.7 Å². The molecule has 0 saturated carbocycles. The molecule has 6 heterocycles. The predicted molar refractivity (Wildman–Crippen MR) is 548 cm³/mol. The van der Waals surface area contributed by atoms with Gasteiger partial charge in [-0.05, 0) is 287 Å². The summed E-state index contributed by atoms with van der Waals surface area (Å²) in [6.07, 6.45) is -5.31. The number of nitrogens with zero attached hydrogens (tertiary/aromatic N) is 13. The zero-order valence-corrected chi connectivity index (χ0v) is 84.9. The van der Waals surface area contributed by atoms with Crippen molar-refractivity contribution in [3.05, 3.63) is 259 Å². The number of benzene rings is 8. The molecule has 23 nitrogen and oxygen atoms in total. The number of ether oxygens (including phenoxy) is 4. The Labute approximate surface area is 847 Å². The zero-order valence-electron chi connectivity index (χ0n) is 81.7. The van der Waals surface area contributed by atoms with Crippen LogP contribution in [0, 0.1) is 39.1 Å². The van der Waals surface area contributed by atoms with E-state index < -0.39 is 92.2 Å². The van der Waals surface area contributed by atoms with E-state index in [1.54, 1.807) is 62.3 Å². The summed E-state index contributed by atoms with van der Waals surface area (Å²) in [5.74, 6) is 2.59. The molecule has 14 rings (SSSR count). The Morgan fingerprint density at radius 2 is 0.852 bits per heavy atom. The van der Waals surface area contributed by atoms with Crippen molar-refractivity contribution in [2.75, 3.05) is 111 Å². The average Bonchev–Trinajstić information content (AvgIpc) is 1.60. The van der Waals surface area contributed by atoms with Gasteiger partial charge in [0.05, 0.1) is 75.0 Å². The first-order valence-electron chi connectivity index (χ1n) is 47.4. The molecule has 6 fully saturated rings. The number of aliphatic hydroxyl groups is 1. The molecule has 6 saturated heterocycles. The third-order valence-electron chi connectivity index (χ3n) is 25.9. The van der Waals surface area contributed by atoms with Crippen LogP contribution in [0.3, 0.4) is 0 Å². The second-order valence-electron chi connectivity index (χ2n) is 37.8. The number of nitrogens with one attached hydrogen (secondary N) is 2. The number of alkyl halides is 9. The summed E-state index contributed by atoms with van der Waals surface area (Å²) < 4.78 is 145. The van der Waals surface area contributed by atoms with Crippen LogP contribution < -0.4 is 49.2 Å². The Balaban J connectivity index is 0.000000181. The number of rotatable bonds is 33. The number of hydrogen-bond acceptors (Lipinski definition) is 16. The maximum absolute atomic E-state index is 13.5. The van der Waals surface area contributed by atoms with E-state index in [4.69, 9.17) is 93.5 Å². The van der Waals surface area contributed by atoms with Gasteiger partial charge in [-0.1, -0.05) is 119 Å². The quantitative estimate of drug-likeness (QED) is 0.0153. The SMILES string of the molecule is [C-]#[N+]c1ccc(N2C(=O)C(C)(C)N(CCCOc3ccc(CN4CCC(C)C4)cc3)C2=S)cc1C(F)(F)F.[C-]#[N+]c1ccc(N2C(=O)C(C)(C)N(CCCOc3ccc(CNC(C)C)cc3)C2=S)cc1C(F)(F)F.[C-]#[N+]c1ccc(N2C(=O)C(C)(C)N(CCCOc3ccc(CNCC)cc3)C2=S)cc1C(F)(F)F.[C-]#[N+]c1ccc(N2CCC(O)(CCOc3ccc(CN4CCCCC4)cc3C)CC2)cc1Cl. The maximum Gasteiger partial charge on any atom is 0.407 e. The number of amides is 3. The minimum Gasteiger partial charge on any atom is -0.494 e. The lowest BCUT2D eigenvalue weighted by molar-refractivity contribution is -0.137. The topological polar surface area (TPSA) is 179 Å². The minimum absolute atomic E-state index is 0.00460. The number of carbonyl (C=O) groups excluding carboxylic acids is 3. The lowest BCUT2D eigenvalue weighted by atomic mass is 9.88. The van der Waals surface area contributed by atoms with Crippen molar-refractivity contribution in [2.45, 2.75) is 213 Å². The monoisotopic (exact) mass is 2030 g/mol. The molecule has 8 aromatic rings. The van der Waals surface area contributed by atoms with E-state index in [0.29, 0.717) is 101 Å². The molecule has 142 heavy (non-hydrogen) atoms. The van der Waals surface area contributed by atoms with Crippen LogP contribution in [0.15, 0.2) is 164 Å². The van der Waals surface area contributed by atoms with Gasteiger partial charge in [0.15, 0.2) is 32.4 Å². The van der Waals surface area contributed by atoms with E-state index in [9.17, 15) is 59.0 Å². The predicted octanol–water partition coefficient (Wildman–Crippen LogP) is 23.7.